The number of hydrogen-bond acceptors (Lipinski definition) is 3. The highest BCUT2D eigenvalue weighted by atomic mass is 16.3. The van der Waals surface area contributed by atoms with Gasteiger partial charge in [-0.25, -0.2) is 0 Å². The second kappa shape index (κ2) is 4.55. The number of rotatable bonds is 3. The maximum absolute atomic E-state index is 12.0. The molecule has 1 heterocycles. The van der Waals surface area contributed by atoms with E-state index < -0.39 is 0 Å². The fourth-order valence-corrected chi connectivity index (χ4v) is 2.38. The van der Waals surface area contributed by atoms with Crippen LogP contribution in [0, 0.1) is 0 Å². The molecule has 1 aliphatic carbocycles. The minimum absolute atomic E-state index is 0.00699. The molecule has 0 aromatic heterocycles. The van der Waals surface area contributed by atoms with Gasteiger partial charge in [0.15, 0.2) is 0 Å². The van der Waals surface area contributed by atoms with Crippen molar-refractivity contribution in [2.75, 3.05) is 19.7 Å². The predicted octanol–water partition coefficient (Wildman–Crippen LogP) is 0.327. The molecular weight excluding hydrogens is 204 g/mol. The first kappa shape index (κ1) is 11.6. The largest absolute Gasteiger partial charge is 0.394 e. The summed E-state index contributed by atoms with van der Waals surface area (Å²) in [5.41, 5.74) is 1.65. The second-order valence-electron chi connectivity index (χ2n) is 4.93. The third kappa shape index (κ3) is 2.13. The van der Waals surface area contributed by atoms with Crippen molar-refractivity contribution >= 4 is 5.91 Å². The monoisotopic (exact) mass is 224 g/mol. The van der Waals surface area contributed by atoms with Gasteiger partial charge < -0.3 is 15.7 Å². The van der Waals surface area contributed by atoms with Gasteiger partial charge in [0.2, 0.25) is 5.91 Å². The zero-order valence-corrected chi connectivity index (χ0v) is 9.81. The number of nitrogens with one attached hydrogen (secondary N) is 2. The Kier molecular flexibility index (Phi) is 3.30. The van der Waals surface area contributed by atoms with Crippen molar-refractivity contribution < 1.29 is 9.90 Å². The van der Waals surface area contributed by atoms with Crippen molar-refractivity contribution in [2.45, 2.75) is 38.1 Å². The van der Waals surface area contributed by atoms with E-state index in [2.05, 4.69) is 10.6 Å². The van der Waals surface area contributed by atoms with Crippen LogP contribution < -0.4 is 10.6 Å². The summed E-state index contributed by atoms with van der Waals surface area (Å²) in [5, 5.41) is 15.6. The van der Waals surface area contributed by atoms with Crippen LogP contribution in [0.3, 0.4) is 0 Å². The van der Waals surface area contributed by atoms with E-state index in [1.54, 1.807) is 0 Å². The number of aliphatic hydroxyl groups is 1. The van der Waals surface area contributed by atoms with E-state index in [4.69, 9.17) is 0 Å². The van der Waals surface area contributed by atoms with Crippen molar-refractivity contribution in [3.05, 3.63) is 11.1 Å². The van der Waals surface area contributed by atoms with E-state index in [0.29, 0.717) is 0 Å². The molecule has 1 aliphatic heterocycles. The number of carbonyl (C=O) groups excluding carboxylic acids is 1. The van der Waals surface area contributed by atoms with E-state index in [9.17, 15) is 9.90 Å². The lowest BCUT2D eigenvalue weighted by atomic mass is 9.97. The van der Waals surface area contributed by atoms with Crippen molar-refractivity contribution in [1.82, 2.24) is 10.6 Å². The quantitative estimate of drug-likeness (QED) is 0.605. The average Bonchev–Trinajstić information content (AvgIpc) is 2.64. The highest BCUT2D eigenvalue weighted by Crippen LogP contribution is 2.29. The van der Waals surface area contributed by atoms with Gasteiger partial charge in [-0.2, -0.15) is 0 Å². The van der Waals surface area contributed by atoms with Crippen LogP contribution in [0.15, 0.2) is 11.1 Å². The molecule has 1 saturated carbocycles. The molecule has 0 unspecified atom stereocenters. The maximum atomic E-state index is 12.0. The summed E-state index contributed by atoms with van der Waals surface area (Å²) in [5.74, 6) is -0.00699. The van der Waals surface area contributed by atoms with Crippen molar-refractivity contribution in [3.63, 3.8) is 0 Å². The summed E-state index contributed by atoms with van der Waals surface area (Å²) in [4.78, 5) is 12.0. The topological polar surface area (TPSA) is 61.4 Å². The van der Waals surface area contributed by atoms with Gasteiger partial charge in [0, 0.05) is 18.7 Å². The number of carbonyl (C=O) groups is 1. The Morgan fingerprint density at radius 2 is 2.06 bits per heavy atom. The smallest absolute Gasteiger partial charge is 0.247 e. The molecule has 1 amide bonds. The van der Waals surface area contributed by atoms with Gasteiger partial charge in [0.25, 0.3) is 0 Å². The first-order chi connectivity index (χ1) is 7.67. The van der Waals surface area contributed by atoms with Crippen LogP contribution in [0.5, 0.6) is 0 Å². The lowest BCUT2D eigenvalue weighted by Gasteiger charge is -2.29. The molecule has 0 radical (unpaired) electrons. The molecule has 0 aromatic carbocycles. The predicted molar refractivity (Wildman–Crippen MR) is 62.0 cm³/mol. The molecular formula is C12H20N2O2. The zero-order chi connectivity index (χ0) is 11.6. The first-order valence-corrected chi connectivity index (χ1v) is 6.00. The number of amides is 1. The highest BCUT2D eigenvalue weighted by molar-refractivity contribution is 5.94. The van der Waals surface area contributed by atoms with E-state index in [1.165, 1.54) is 5.57 Å². The van der Waals surface area contributed by atoms with Crippen molar-refractivity contribution in [3.8, 4) is 0 Å². The van der Waals surface area contributed by atoms with Crippen LogP contribution in [0.2, 0.25) is 0 Å². The molecule has 2 rings (SSSR count). The molecule has 90 valence electrons. The van der Waals surface area contributed by atoms with Crippen molar-refractivity contribution in [1.29, 1.82) is 0 Å². The summed E-state index contributed by atoms with van der Waals surface area (Å²) < 4.78 is 0. The Hall–Kier alpha value is -0.870. The molecule has 4 heteroatoms. The van der Waals surface area contributed by atoms with Gasteiger partial charge in [0.05, 0.1) is 12.1 Å². The first-order valence-electron chi connectivity index (χ1n) is 6.00. The molecule has 0 bridgehead atoms. The van der Waals surface area contributed by atoms with Gasteiger partial charge in [-0.05, 0) is 25.3 Å². The average molecular weight is 224 g/mol. The summed E-state index contributed by atoms with van der Waals surface area (Å²) >= 11 is 0. The highest BCUT2D eigenvalue weighted by Gasteiger charge is 2.35. The van der Waals surface area contributed by atoms with Crippen molar-refractivity contribution in [2.24, 2.45) is 0 Å². The fraction of sp³-hybridized carbons (Fsp3) is 0.750. The molecule has 4 nitrogen and oxygen atoms in total. The fourth-order valence-electron chi connectivity index (χ4n) is 2.38. The Bertz CT molecular complexity index is 311. The van der Waals surface area contributed by atoms with Gasteiger partial charge in [-0.15, -0.1) is 0 Å². The van der Waals surface area contributed by atoms with Crippen LogP contribution in [0.4, 0.5) is 0 Å². The minimum Gasteiger partial charge on any atom is -0.394 e. The van der Waals surface area contributed by atoms with Crippen LogP contribution in [-0.4, -0.2) is 36.2 Å². The number of hydrogen-bond donors (Lipinski definition) is 3. The summed E-state index contributed by atoms with van der Waals surface area (Å²) in [7, 11) is 0. The SMILES string of the molecule is CC(C(=O)NC1(CO)CCCC1)=C1CNC1. The van der Waals surface area contributed by atoms with Gasteiger partial charge in [-0.1, -0.05) is 12.8 Å². The molecule has 16 heavy (non-hydrogen) atoms. The second-order valence-corrected chi connectivity index (χ2v) is 4.93. The van der Waals surface area contributed by atoms with Gasteiger partial charge >= 0.3 is 0 Å². The molecule has 0 aromatic rings. The van der Waals surface area contributed by atoms with E-state index in [0.717, 1.165) is 44.3 Å². The van der Waals surface area contributed by atoms with E-state index in [-0.39, 0.29) is 18.1 Å². The molecule has 1 saturated heterocycles. The van der Waals surface area contributed by atoms with Gasteiger partial charge in [-0.3, -0.25) is 4.79 Å². The normalized spacial score (nSPS) is 22.8. The van der Waals surface area contributed by atoms with E-state index >= 15 is 0 Å². The zero-order valence-electron chi connectivity index (χ0n) is 9.81. The summed E-state index contributed by atoms with van der Waals surface area (Å²) in [6.45, 7) is 3.57. The van der Waals surface area contributed by atoms with Crippen LogP contribution in [0.1, 0.15) is 32.6 Å². The van der Waals surface area contributed by atoms with Crippen LogP contribution in [0.25, 0.3) is 0 Å². The maximum Gasteiger partial charge on any atom is 0.247 e. The standard InChI is InChI=1S/C12H20N2O2/c1-9(10-6-13-7-10)11(16)14-12(8-15)4-2-3-5-12/h13,15H,2-8H2,1H3,(H,14,16). The summed E-state index contributed by atoms with van der Waals surface area (Å²) in [6.07, 6.45) is 3.99. The Balaban J connectivity index is 2.00. The Labute approximate surface area is 96.1 Å². The molecule has 2 aliphatic rings. The molecule has 3 N–H and O–H groups in total. The minimum atomic E-state index is -0.351. The van der Waals surface area contributed by atoms with Crippen LogP contribution in [-0.2, 0) is 4.79 Å². The third-order valence-corrected chi connectivity index (χ3v) is 3.79. The molecule has 2 fully saturated rings. The molecule has 0 atom stereocenters. The molecule has 0 spiro atoms. The van der Waals surface area contributed by atoms with Crippen LogP contribution >= 0.6 is 0 Å². The lowest BCUT2D eigenvalue weighted by Crippen LogP contribution is -2.50. The lowest BCUT2D eigenvalue weighted by molar-refractivity contribution is -0.120. The third-order valence-electron chi connectivity index (χ3n) is 3.79. The summed E-state index contributed by atoms with van der Waals surface area (Å²) in [6, 6.07) is 0. The Morgan fingerprint density at radius 3 is 2.50 bits per heavy atom. The number of aliphatic hydroxyl groups excluding tert-OH is 1. The van der Waals surface area contributed by atoms with Gasteiger partial charge in [0.1, 0.15) is 0 Å². The Morgan fingerprint density at radius 1 is 1.44 bits per heavy atom. The van der Waals surface area contributed by atoms with E-state index in [1.807, 2.05) is 6.92 Å².